The molecule has 0 atom stereocenters. The van der Waals surface area contributed by atoms with Crippen molar-refractivity contribution in [3.8, 4) is 0 Å². The van der Waals surface area contributed by atoms with Gasteiger partial charge in [0.05, 0.1) is 5.39 Å². The molecule has 4 heteroatoms. The zero-order chi connectivity index (χ0) is 9.26. The fraction of sp³-hybridized carbons (Fsp3) is 0.111. The first kappa shape index (κ1) is 8.31. The van der Waals surface area contributed by atoms with Crippen molar-refractivity contribution >= 4 is 27.8 Å². The van der Waals surface area contributed by atoms with Crippen LogP contribution >= 0.6 is 11.8 Å². The molecule has 1 heterocycles. The molecule has 0 unspecified atom stereocenters. The van der Waals surface area contributed by atoms with E-state index in [9.17, 15) is 4.79 Å². The van der Waals surface area contributed by atoms with E-state index in [0.29, 0.717) is 10.6 Å². The Labute approximate surface area is 79.1 Å². The van der Waals surface area contributed by atoms with Gasteiger partial charge in [0, 0.05) is 6.92 Å². The second-order valence-electron chi connectivity index (χ2n) is 2.58. The minimum Gasteiger partial charge on any atom is -0.355 e. The van der Waals surface area contributed by atoms with Gasteiger partial charge in [-0.1, -0.05) is 17.3 Å². The number of hydrogen-bond acceptors (Lipinski definition) is 4. The highest BCUT2D eigenvalue weighted by Crippen LogP contribution is 2.26. The van der Waals surface area contributed by atoms with Gasteiger partial charge in [-0.15, -0.1) is 0 Å². The summed E-state index contributed by atoms with van der Waals surface area (Å²) in [6, 6.07) is 7.48. The van der Waals surface area contributed by atoms with E-state index in [4.69, 9.17) is 4.52 Å². The number of hydrogen-bond donors (Lipinski definition) is 0. The van der Waals surface area contributed by atoms with Crippen molar-refractivity contribution in [1.29, 1.82) is 0 Å². The Morgan fingerprint density at radius 2 is 2.23 bits per heavy atom. The third-order valence-corrected chi connectivity index (χ3v) is 2.36. The summed E-state index contributed by atoms with van der Waals surface area (Å²) in [6.07, 6.45) is 0. The molecule has 0 N–H and O–H groups in total. The molecule has 0 saturated heterocycles. The van der Waals surface area contributed by atoms with Crippen molar-refractivity contribution in [2.45, 2.75) is 11.9 Å². The van der Waals surface area contributed by atoms with Crippen molar-refractivity contribution in [3.63, 3.8) is 0 Å². The van der Waals surface area contributed by atoms with Crippen LogP contribution in [-0.2, 0) is 4.79 Å². The number of rotatable bonds is 1. The van der Waals surface area contributed by atoms with Crippen LogP contribution in [0, 0.1) is 0 Å². The van der Waals surface area contributed by atoms with E-state index in [1.807, 2.05) is 24.3 Å². The molecule has 0 aliphatic heterocycles. The molecule has 13 heavy (non-hydrogen) atoms. The normalized spacial score (nSPS) is 10.5. The Bertz CT molecular complexity index is 450. The van der Waals surface area contributed by atoms with Gasteiger partial charge in [-0.25, -0.2) is 0 Å². The largest absolute Gasteiger partial charge is 0.355 e. The smallest absolute Gasteiger partial charge is 0.192 e. The van der Waals surface area contributed by atoms with Crippen LogP contribution in [0.1, 0.15) is 6.92 Å². The predicted molar refractivity (Wildman–Crippen MR) is 50.5 cm³/mol. The van der Waals surface area contributed by atoms with Crippen LogP contribution in [0.15, 0.2) is 33.8 Å². The Morgan fingerprint density at radius 1 is 1.46 bits per heavy atom. The maximum atomic E-state index is 10.8. The van der Waals surface area contributed by atoms with Gasteiger partial charge in [-0.3, -0.25) is 4.79 Å². The number of fused-ring (bicyclic) bond motifs is 1. The molecule has 2 aromatic rings. The lowest BCUT2D eigenvalue weighted by molar-refractivity contribution is -0.109. The van der Waals surface area contributed by atoms with Gasteiger partial charge in [-0.05, 0) is 23.9 Å². The molecule has 0 saturated carbocycles. The Balaban J connectivity index is 2.51. The second-order valence-corrected chi connectivity index (χ2v) is 3.74. The molecule has 0 radical (unpaired) electrons. The van der Waals surface area contributed by atoms with Gasteiger partial charge in [0.1, 0.15) is 0 Å². The lowest BCUT2D eigenvalue weighted by atomic mass is 10.3. The summed E-state index contributed by atoms with van der Waals surface area (Å²) < 4.78 is 5.03. The fourth-order valence-electron chi connectivity index (χ4n) is 1.07. The van der Waals surface area contributed by atoms with Crippen molar-refractivity contribution in [3.05, 3.63) is 24.3 Å². The molecule has 0 bridgehead atoms. The molecule has 1 aromatic heterocycles. The quantitative estimate of drug-likeness (QED) is 0.652. The first-order valence-corrected chi connectivity index (χ1v) is 4.62. The lowest BCUT2D eigenvalue weighted by Gasteiger charge is -1.88. The Hall–Kier alpha value is -1.29. The maximum Gasteiger partial charge on any atom is 0.192 e. The van der Waals surface area contributed by atoms with Gasteiger partial charge >= 0.3 is 0 Å². The molecular formula is C9H7NO2S. The summed E-state index contributed by atoms with van der Waals surface area (Å²) in [6.45, 7) is 1.51. The third kappa shape index (κ3) is 1.58. The summed E-state index contributed by atoms with van der Waals surface area (Å²) >= 11 is 1.09. The summed E-state index contributed by atoms with van der Waals surface area (Å²) in [5.41, 5.74) is 0.714. The molecule has 0 aliphatic carbocycles. The molecule has 1 aromatic carbocycles. The van der Waals surface area contributed by atoms with Gasteiger partial charge in [0.2, 0.25) is 0 Å². The standard InChI is InChI=1S/C9H7NO2S/c1-6(11)13-9-7-4-2-3-5-8(7)12-10-9/h2-5H,1H3. The molecular weight excluding hydrogens is 186 g/mol. The Morgan fingerprint density at radius 3 is 3.00 bits per heavy atom. The molecule has 0 amide bonds. The first-order chi connectivity index (χ1) is 6.27. The van der Waals surface area contributed by atoms with Crippen LogP contribution in [0.4, 0.5) is 0 Å². The van der Waals surface area contributed by atoms with Crippen LogP contribution in [0.5, 0.6) is 0 Å². The molecule has 0 fully saturated rings. The minimum atomic E-state index is 0.0130. The van der Waals surface area contributed by atoms with E-state index in [-0.39, 0.29) is 5.12 Å². The van der Waals surface area contributed by atoms with E-state index in [0.717, 1.165) is 17.1 Å². The number of nitrogens with zero attached hydrogens (tertiary/aromatic N) is 1. The second kappa shape index (κ2) is 3.22. The highest BCUT2D eigenvalue weighted by Gasteiger charge is 2.09. The lowest BCUT2D eigenvalue weighted by Crippen LogP contribution is -1.80. The zero-order valence-corrected chi connectivity index (χ0v) is 7.80. The van der Waals surface area contributed by atoms with Crippen molar-refractivity contribution in [2.75, 3.05) is 0 Å². The highest BCUT2D eigenvalue weighted by atomic mass is 32.2. The maximum absolute atomic E-state index is 10.8. The van der Waals surface area contributed by atoms with E-state index >= 15 is 0 Å². The Kier molecular flexibility index (Phi) is 2.06. The third-order valence-electron chi connectivity index (χ3n) is 1.58. The monoisotopic (exact) mass is 193 g/mol. The van der Waals surface area contributed by atoms with Gasteiger partial charge in [-0.2, -0.15) is 0 Å². The number of benzene rings is 1. The van der Waals surface area contributed by atoms with Crippen LogP contribution in [0.25, 0.3) is 11.0 Å². The van der Waals surface area contributed by atoms with Crippen LogP contribution in [0.3, 0.4) is 0 Å². The van der Waals surface area contributed by atoms with Gasteiger partial charge < -0.3 is 4.52 Å². The summed E-state index contributed by atoms with van der Waals surface area (Å²) in [5.74, 6) is 0. The number of thioether (sulfide) groups is 1. The molecule has 0 aliphatic rings. The molecule has 0 spiro atoms. The van der Waals surface area contributed by atoms with Crippen molar-refractivity contribution < 1.29 is 9.32 Å². The van der Waals surface area contributed by atoms with Crippen molar-refractivity contribution in [2.24, 2.45) is 0 Å². The summed E-state index contributed by atoms with van der Waals surface area (Å²) in [5, 5.41) is 5.35. The highest BCUT2D eigenvalue weighted by molar-refractivity contribution is 8.13. The van der Waals surface area contributed by atoms with Crippen LogP contribution in [0.2, 0.25) is 0 Å². The van der Waals surface area contributed by atoms with Gasteiger partial charge in [0.25, 0.3) is 0 Å². The van der Waals surface area contributed by atoms with Crippen LogP contribution in [-0.4, -0.2) is 10.3 Å². The minimum absolute atomic E-state index is 0.0130. The SMILES string of the molecule is CC(=O)Sc1noc2ccccc12. The number of carbonyl (C=O) groups is 1. The summed E-state index contributed by atoms with van der Waals surface area (Å²) in [7, 11) is 0. The molecule has 3 nitrogen and oxygen atoms in total. The average molecular weight is 193 g/mol. The number of carbonyl (C=O) groups excluding carboxylic acids is 1. The first-order valence-electron chi connectivity index (χ1n) is 3.80. The number of aromatic nitrogens is 1. The molecule has 2 rings (SSSR count). The summed E-state index contributed by atoms with van der Waals surface area (Å²) in [4.78, 5) is 10.8. The van der Waals surface area contributed by atoms with Crippen LogP contribution < -0.4 is 0 Å². The van der Waals surface area contributed by atoms with Crippen molar-refractivity contribution in [1.82, 2.24) is 5.16 Å². The zero-order valence-electron chi connectivity index (χ0n) is 6.98. The van der Waals surface area contributed by atoms with E-state index < -0.39 is 0 Å². The topological polar surface area (TPSA) is 43.1 Å². The molecule has 66 valence electrons. The van der Waals surface area contributed by atoms with E-state index in [1.54, 1.807) is 0 Å². The van der Waals surface area contributed by atoms with Gasteiger partial charge in [0.15, 0.2) is 15.7 Å². The number of para-hydroxylation sites is 1. The fourth-order valence-corrected chi connectivity index (χ4v) is 1.70. The van der Waals surface area contributed by atoms with E-state index in [1.165, 1.54) is 6.92 Å². The van der Waals surface area contributed by atoms with E-state index in [2.05, 4.69) is 5.16 Å². The predicted octanol–water partition coefficient (Wildman–Crippen LogP) is 2.47. The average Bonchev–Trinajstić information content (AvgIpc) is 2.48.